The number of halogens is 1. The minimum atomic E-state index is 0.849. The Labute approximate surface area is 102 Å². The maximum Gasteiger partial charge on any atom is 0.116 e. The van der Waals surface area contributed by atoms with Crippen molar-refractivity contribution < 1.29 is 0 Å². The minimum Gasteiger partial charge on any atom is -0.307 e. The Morgan fingerprint density at radius 2 is 1.88 bits per heavy atom. The quantitative estimate of drug-likeness (QED) is 0.869. The summed E-state index contributed by atoms with van der Waals surface area (Å²) in [5, 5.41) is 3.30. The van der Waals surface area contributed by atoms with Gasteiger partial charge < -0.3 is 5.32 Å². The smallest absolute Gasteiger partial charge is 0.116 e. The Bertz CT molecular complexity index is 522. The summed E-state index contributed by atoms with van der Waals surface area (Å²) in [7, 11) is 0. The summed E-state index contributed by atoms with van der Waals surface area (Å²) in [6.07, 6.45) is 1.64. The van der Waals surface area contributed by atoms with E-state index in [0.717, 1.165) is 34.5 Å². The van der Waals surface area contributed by atoms with Gasteiger partial charge in [-0.05, 0) is 12.1 Å². The normalized spacial score (nSPS) is 13.8. The molecule has 0 atom stereocenters. The van der Waals surface area contributed by atoms with Crippen molar-refractivity contribution in [1.82, 2.24) is 15.3 Å². The summed E-state index contributed by atoms with van der Waals surface area (Å²) in [5.74, 6) is 0. The molecule has 16 heavy (non-hydrogen) atoms. The number of rotatable bonds is 1. The summed E-state index contributed by atoms with van der Waals surface area (Å²) < 4.78 is 1.08. The second-order valence-electron chi connectivity index (χ2n) is 3.76. The Kier molecular flexibility index (Phi) is 2.46. The summed E-state index contributed by atoms with van der Waals surface area (Å²) in [6, 6.07) is 8.22. The van der Waals surface area contributed by atoms with Crippen LogP contribution < -0.4 is 5.32 Å². The fourth-order valence-corrected chi connectivity index (χ4v) is 2.21. The van der Waals surface area contributed by atoms with Gasteiger partial charge in [0.05, 0.1) is 11.4 Å². The first-order valence-electron chi connectivity index (χ1n) is 5.14. The molecule has 0 aliphatic carbocycles. The zero-order valence-corrected chi connectivity index (χ0v) is 10.2. The molecule has 2 aromatic rings. The van der Waals surface area contributed by atoms with Crippen molar-refractivity contribution in [1.29, 1.82) is 0 Å². The van der Waals surface area contributed by atoms with Crippen molar-refractivity contribution in [2.45, 2.75) is 13.1 Å². The standard InChI is InChI=1S/C12H10BrN3/c13-9-3-1-8(2-4-9)12-10-5-14-6-11(10)15-7-16-12/h1-4,7,14H,5-6H2. The van der Waals surface area contributed by atoms with Crippen LogP contribution in [0.1, 0.15) is 11.3 Å². The monoisotopic (exact) mass is 275 g/mol. The van der Waals surface area contributed by atoms with E-state index in [2.05, 4.69) is 43.3 Å². The van der Waals surface area contributed by atoms with Gasteiger partial charge in [0.1, 0.15) is 6.33 Å². The van der Waals surface area contributed by atoms with Gasteiger partial charge in [0.25, 0.3) is 0 Å². The van der Waals surface area contributed by atoms with Crippen molar-refractivity contribution in [3.8, 4) is 11.3 Å². The van der Waals surface area contributed by atoms with Gasteiger partial charge in [0, 0.05) is 28.7 Å². The predicted molar refractivity (Wildman–Crippen MR) is 65.7 cm³/mol. The van der Waals surface area contributed by atoms with Crippen LogP contribution in [0.3, 0.4) is 0 Å². The number of nitrogens with zero attached hydrogens (tertiary/aromatic N) is 2. The Hall–Kier alpha value is -1.26. The molecule has 4 heteroatoms. The minimum absolute atomic E-state index is 0.849. The third-order valence-corrected chi connectivity index (χ3v) is 3.28. The highest BCUT2D eigenvalue weighted by atomic mass is 79.9. The highest BCUT2D eigenvalue weighted by Gasteiger charge is 2.17. The molecule has 1 N–H and O–H groups in total. The third kappa shape index (κ3) is 1.64. The van der Waals surface area contributed by atoms with Crippen molar-refractivity contribution >= 4 is 15.9 Å². The van der Waals surface area contributed by atoms with Gasteiger partial charge in [0.15, 0.2) is 0 Å². The lowest BCUT2D eigenvalue weighted by molar-refractivity contribution is 0.758. The first kappa shape index (κ1) is 9.93. The zero-order valence-electron chi connectivity index (χ0n) is 8.57. The van der Waals surface area contributed by atoms with Crippen molar-refractivity contribution in [3.05, 3.63) is 46.3 Å². The van der Waals surface area contributed by atoms with E-state index < -0.39 is 0 Å². The summed E-state index contributed by atoms with van der Waals surface area (Å²) in [6.45, 7) is 1.71. The predicted octanol–water partition coefficient (Wildman–Crippen LogP) is 2.51. The fourth-order valence-electron chi connectivity index (χ4n) is 1.95. The lowest BCUT2D eigenvalue weighted by Gasteiger charge is -2.05. The average Bonchev–Trinajstić information content (AvgIpc) is 2.78. The fraction of sp³-hybridized carbons (Fsp3) is 0.167. The van der Waals surface area contributed by atoms with Gasteiger partial charge >= 0.3 is 0 Å². The van der Waals surface area contributed by atoms with Crippen LogP contribution in [-0.4, -0.2) is 9.97 Å². The van der Waals surface area contributed by atoms with E-state index in [9.17, 15) is 0 Å². The Morgan fingerprint density at radius 3 is 2.69 bits per heavy atom. The van der Waals surface area contributed by atoms with Crippen LogP contribution in [-0.2, 0) is 13.1 Å². The van der Waals surface area contributed by atoms with Crippen LogP contribution in [0.4, 0.5) is 0 Å². The number of hydrogen-bond acceptors (Lipinski definition) is 3. The molecular formula is C12H10BrN3. The number of benzene rings is 1. The summed E-state index contributed by atoms with van der Waals surface area (Å²) >= 11 is 3.44. The van der Waals surface area contributed by atoms with Crippen LogP contribution in [0.5, 0.6) is 0 Å². The van der Waals surface area contributed by atoms with Crippen molar-refractivity contribution in [2.24, 2.45) is 0 Å². The van der Waals surface area contributed by atoms with Crippen LogP contribution in [0.2, 0.25) is 0 Å². The summed E-state index contributed by atoms with van der Waals surface area (Å²) in [5.41, 5.74) is 4.53. The van der Waals surface area contributed by atoms with E-state index in [0.29, 0.717) is 0 Å². The second-order valence-corrected chi connectivity index (χ2v) is 4.67. The van der Waals surface area contributed by atoms with Gasteiger partial charge in [-0.2, -0.15) is 0 Å². The van der Waals surface area contributed by atoms with Crippen LogP contribution in [0, 0.1) is 0 Å². The first-order chi connectivity index (χ1) is 7.84. The number of hydrogen-bond donors (Lipinski definition) is 1. The molecule has 1 aliphatic rings. The molecule has 2 heterocycles. The summed E-state index contributed by atoms with van der Waals surface area (Å²) in [4.78, 5) is 8.66. The molecule has 0 bridgehead atoms. The molecular weight excluding hydrogens is 266 g/mol. The molecule has 1 aliphatic heterocycles. The van der Waals surface area contributed by atoms with Crippen molar-refractivity contribution in [3.63, 3.8) is 0 Å². The maximum atomic E-state index is 4.38. The molecule has 0 radical (unpaired) electrons. The lowest BCUT2D eigenvalue weighted by Crippen LogP contribution is -2.00. The highest BCUT2D eigenvalue weighted by molar-refractivity contribution is 9.10. The Morgan fingerprint density at radius 1 is 1.06 bits per heavy atom. The molecule has 0 saturated heterocycles. The van der Waals surface area contributed by atoms with E-state index in [1.165, 1.54) is 5.56 Å². The molecule has 0 fully saturated rings. The van der Waals surface area contributed by atoms with E-state index in [-0.39, 0.29) is 0 Å². The second kappa shape index (κ2) is 3.96. The molecule has 1 aromatic carbocycles. The third-order valence-electron chi connectivity index (χ3n) is 2.75. The van der Waals surface area contributed by atoms with Gasteiger partial charge in [0.2, 0.25) is 0 Å². The molecule has 1 aromatic heterocycles. The number of fused-ring (bicyclic) bond motifs is 1. The van der Waals surface area contributed by atoms with Gasteiger partial charge in [-0.25, -0.2) is 9.97 Å². The van der Waals surface area contributed by atoms with Gasteiger partial charge in [-0.1, -0.05) is 28.1 Å². The van der Waals surface area contributed by atoms with E-state index in [4.69, 9.17) is 0 Å². The van der Waals surface area contributed by atoms with Gasteiger partial charge in [-0.15, -0.1) is 0 Å². The molecule has 0 unspecified atom stereocenters. The SMILES string of the molecule is Brc1ccc(-c2ncnc3c2CNC3)cc1. The maximum absolute atomic E-state index is 4.38. The topological polar surface area (TPSA) is 37.8 Å². The van der Waals surface area contributed by atoms with Crippen LogP contribution >= 0.6 is 15.9 Å². The van der Waals surface area contributed by atoms with Gasteiger partial charge in [-0.3, -0.25) is 0 Å². The van der Waals surface area contributed by atoms with E-state index in [1.807, 2.05) is 12.1 Å². The average molecular weight is 276 g/mol. The molecule has 80 valence electrons. The number of nitrogens with one attached hydrogen (secondary N) is 1. The van der Waals surface area contributed by atoms with E-state index >= 15 is 0 Å². The van der Waals surface area contributed by atoms with Crippen LogP contribution in [0.15, 0.2) is 35.1 Å². The largest absolute Gasteiger partial charge is 0.307 e. The molecule has 3 nitrogen and oxygen atoms in total. The van der Waals surface area contributed by atoms with E-state index in [1.54, 1.807) is 6.33 Å². The molecule has 0 amide bonds. The van der Waals surface area contributed by atoms with Crippen molar-refractivity contribution in [2.75, 3.05) is 0 Å². The lowest BCUT2D eigenvalue weighted by atomic mass is 10.1. The number of aromatic nitrogens is 2. The zero-order chi connectivity index (χ0) is 11.0. The highest BCUT2D eigenvalue weighted by Crippen LogP contribution is 2.26. The molecule has 3 rings (SSSR count). The van der Waals surface area contributed by atoms with Crippen LogP contribution in [0.25, 0.3) is 11.3 Å². The molecule has 0 spiro atoms. The Balaban J connectivity index is 2.13. The first-order valence-corrected chi connectivity index (χ1v) is 5.93. The molecule has 0 saturated carbocycles.